The van der Waals surface area contributed by atoms with Gasteiger partial charge in [0.05, 0.1) is 5.52 Å². The Hall–Kier alpha value is -5.08. The molecule has 1 N–H and O–H groups in total. The second-order valence-electron chi connectivity index (χ2n) is 13.4. The minimum absolute atomic E-state index is 0.0120. The summed E-state index contributed by atoms with van der Waals surface area (Å²) < 4.78 is 10.1. The van der Waals surface area contributed by atoms with E-state index in [1.807, 2.05) is 52.1 Å². The zero-order chi connectivity index (χ0) is 32.4. The highest BCUT2D eigenvalue weighted by atomic mass is 16.5. The van der Waals surface area contributed by atoms with Crippen molar-refractivity contribution < 1.29 is 9.53 Å². The van der Waals surface area contributed by atoms with Gasteiger partial charge >= 0.3 is 0 Å². The van der Waals surface area contributed by atoms with Crippen LogP contribution in [0, 0.1) is 5.41 Å². The van der Waals surface area contributed by atoms with Crippen molar-refractivity contribution >= 4 is 16.8 Å². The molecule has 1 atom stereocenters. The minimum atomic E-state index is -0.140. The fraction of sp³-hybridized carbons (Fsp3) is 0.282. The van der Waals surface area contributed by atoms with Crippen molar-refractivity contribution in [1.82, 2.24) is 29.9 Å². The molecule has 1 saturated heterocycles. The third-order valence-corrected chi connectivity index (χ3v) is 8.57. The summed E-state index contributed by atoms with van der Waals surface area (Å²) in [6, 6.07) is 34.6. The number of amides is 1. The second kappa shape index (κ2) is 13.0. The summed E-state index contributed by atoms with van der Waals surface area (Å²) in [6.07, 6.45) is 4.72. The predicted octanol–water partition coefficient (Wildman–Crippen LogP) is 8.07. The summed E-state index contributed by atoms with van der Waals surface area (Å²) in [5.74, 6) is 0.537. The highest BCUT2D eigenvalue weighted by Crippen LogP contribution is 2.36. The molecule has 1 fully saturated rings. The number of benzene rings is 4. The molecule has 0 bridgehead atoms. The molecule has 2 aromatic heterocycles. The first-order valence-electron chi connectivity index (χ1n) is 16.4. The van der Waals surface area contributed by atoms with Crippen molar-refractivity contribution in [2.45, 2.75) is 52.3 Å². The van der Waals surface area contributed by atoms with Crippen molar-refractivity contribution in [2.24, 2.45) is 5.41 Å². The lowest BCUT2D eigenvalue weighted by molar-refractivity contribution is -0.0365. The summed E-state index contributed by atoms with van der Waals surface area (Å²) in [5.41, 5.74) is 6.39. The summed E-state index contributed by atoms with van der Waals surface area (Å²) in [5, 5.41) is 14.2. The van der Waals surface area contributed by atoms with Crippen molar-refractivity contribution in [2.75, 3.05) is 13.2 Å². The molecule has 8 heteroatoms. The van der Waals surface area contributed by atoms with Gasteiger partial charge in [-0.3, -0.25) is 4.79 Å². The highest BCUT2D eigenvalue weighted by Gasteiger charge is 2.24. The molecular weight excluding hydrogens is 584 g/mol. The largest absolute Gasteiger partial charge is 0.356 e. The summed E-state index contributed by atoms with van der Waals surface area (Å²) in [7, 11) is 0. The van der Waals surface area contributed by atoms with Crippen LogP contribution in [0.3, 0.4) is 0 Å². The van der Waals surface area contributed by atoms with E-state index in [1.54, 1.807) is 0 Å². The lowest BCUT2D eigenvalue weighted by atomic mass is 9.96. The van der Waals surface area contributed by atoms with Gasteiger partial charge in [-0.05, 0) is 66.1 Å². The Balaban J connectivity index is 1.29. The summed E-state index contributed by atoms with van der Waals surface area (Å²) in [4.78, 5) is 17.9. The predicted molar refractivity (Wildman–Crippen MR) is 185 cm³/mol. The maximum Gasteiger partial charge on any atom is 0.251 e. The number of ether oxygens (including phenoxy) is 1. The van der Waals surface area contributed by atoms with E-state index in [0.717, 1.165) is 58.1 Å². The van der Waals surface area contributed by atoms with Gasteiger partial charge in [0.2, 0.25) is 0 Å². The van der Waals surface area contributed by atoms with Crippen LogP contribution >= 0.6 is 0 Å². The number of carbonyl (C=O) groups excluding carboxylic acids is 1. The number of fused-ring (bicyclic) bond motifs is 1. The SMILES string of the molecule is CC(C)(C)CNC(=O)c1cccc(-c2nn(C3CCCCO3)c3ccc(-c4ncn(C(c5ccccc5)c5ccccc5)n4)cc23)c1. The van der Waals surface area contributed by atoms with Crippen molar-refractivity contribution in [3.63, 3.8) is 0 Å². The Labute approximate surface area is 275 Å². The van der Waals surface area contributed by atoms with Crippen molar-refractivity contribution in [1.29, 1.82) is 0 Å². The van der Waals surface area contributed by atoms with E-state index >= 15 is 0 Å². The van der Waals surface area contributed by atoms with Gasteiger partial charge in [0.1, 0.15) is 18.1 Å². The first-order valence-corrected chi connectivity index (χ1v) is 16.4. The molecule has 1 amide bonds. The number of nitrogens with zero attached hydrogens (tertiary/aromatic N) is 5. The van der Waals surface area contributed by atoms with Gasteiger partial charge in [-0.2, -0.15) is 10.2 Å². The standard InChI is InChI=1S/C39H40N6O2/c1-39(2,3)25-40-38(46)31-18-12-17-29(23-31)35-32-24-30(20-21-33(32)45(42-35)34-19-10-11-22-47-34)37-41-26-44(43-37)36(27-13-6-4-7-14-27)28-15-8-5-9-16-28/h4-9,12-18,20-21,23-24,26,34,36H,10-11,19,22,25H2,1-3H3,(H,40,46). The topological polar surface area (TPSA) is 86.9 Å². The molecule has 0 saturated carbocycles. The first kappa shape index (κ1) is 30.6. The van der Waals surface area contributed by atoms with E-state index in [1.165, 1.54) is 0 Å². The van der Waals surface area contributed by atoms with E-state index in [9.17, 15) is 4.79 Å². The van der Waals surface area contributed by atoms with Gasteiger partial charge in [0.15, 0.2) is 12.1 Å². The van der Waals surface area contributed by atoms with Crippen LogP contribution in [-0.4, -0.2) is 43.6 Å². The molecule has 0 aliphatic carbocycles. The molecule has 3 heterocycles. The highest BCUT2D eigenvalue weighted by molar-refractivity contribution is 5.99. The fourth-order valence-corrected chi connectivity index (χ4v) is 6.18. The van der Waals surface area contributed by atoms with Gasteiger partial charge in [0, 0.05) is 35.2 Å². The van der Waals surface area contributed by atoms with E-state index in [-0.39, 0.29) is 23.6 Å². The van der Waals surface area contributed by atoms with E-state index in [4.69, 9.17) is 19.9 Å². The van der Waals surface area contributed by atoms with Crippen LogP contribution in [0.5, 0.6) is 0 Å². The van der Waals surface area contributed by atoms with E-state index in [2.05, 4.69) is 92.8 Å². The monoisotopic (exact) mass is 624 g/mol. The van der Waals surface area contributed by atoms with Crippen LogP contribution in [0.15, 0.2) is 109 Å². The molecule has 0 spiro atoms. The number of aromatic nitrogens is 5. The van der Waals surface area contributed by atoms with Gasteiger partial charge in [-0.25, -0.2) is 14.3 Å². The minimum Gasteiger partial charge on any atom is -0.356 e. The smallest absolute Gasteiger partial charge is 0.251 e. The van der Waals surface area contributed by atoms with E-state index in [0.29, 0.717) is 24.5 Å². The molecule has 1 aliphatic rings. The maximum absolute atomic E-state index is 13.1. The Bertz CT molecular complexity index is 1950. The quantitative estimate of drug-likeness (QED) is 0.185. The zero-order valence-corrected chi connectivity index (χ0v) is 27.1. The second-order valence-corrected chi connectivity index (χ2v) is 13.4. The number of hydrogen-bond donors (Lipinski definition) is 1. The molecule has 4 aromatic carbocycles. The van der Waals surface area contributed by atoms with Crippen LogP contribution in [-0.2, 0) is 4.74 Å². The number of carbonyl (C=O) groups is 1. The molecule has 47 heavy (non-hydrogen) atoms. The third kappa shape index (κ3) is 6.60. The average molecular weight is 625 g/mol. The van der Waals surface area contributed by atoms with Crippen LogP contribution in [0.25, 0.3) is 33.5 Å². The number of hydrogen-bond acceptors (Lipinski definition) is 5. The summed E-state index contributed by atoms with van der Waals surface area (Å²) in [6.45, 7) is 7.62. The molecule has 1 aliphatic heterocycles. The molecule has 0 radical (unpaired) electrons. The lowest BCUT2D eigenvalue weighted by Crippen LogP contribution is -2.32. The van der Waals surface area contributed by atoms with E-state index < -0.39 is 0 Å². The third-order valence-electron chi connectivity index (χ3n) is 8.57. The normalized spacial score (nSPS) is 15.3. The van der Waals surface area contributed by atoms with Crippen molar-refractivity contribution in [3.05, 3.63) is 126 Å². The Morgan fingerprint density at radius 2 is 1.62 bits per heavy atom. The summed E-state index contributed by atoms with van der Waals surface area (Å²) >= 11 is 0. The molecule has 1 unspecified atom stereocenters. The lowest BCUT2D eigenvalue weighted by Gasteiger charge is -2.23. The van der Waals surface area contributed by atoms with Crippen LogP contribution < -0.4 is 5.32 Å². The average Bonchev–Trinajstić information content (AvgIpc) is 3.74. The van der Waals surface area contributed by atoms with Gasteiger partial charge < -0.3 is 10.1 Å². The fourth-order valence-electron chi connectivity index (χ4n) is 6.18. The van der Waals surface area contributed by atoms with Gasteiger partial charge in [-0.1, -0.05) is 93.6 Å². The van der Waals surface area contributed by atoms with Crippen LogP contribution in [0.1, 0.15) is 73.8 Å². The molecule has 6 aromatic rings. The Morgan fingerprint density at radius 3 is 2.30 bits per heavy atom. The van der Waals surface area contributed by atoms with Gasteiger partial charge in [0.25, 0.3) is 5.91 Å². The van der Waals surface area contributed by atoms with Crippen LogP contribution in [0.4, 0.5) is 0 Å². The maximum atomic E-state index is 13.1. The molecule has 8 nitrogen and oxygen atoms in total. The molecular formula is C39H40N6O2. The Kier molecular flexibility index (Phi) is 8.43. The molecule has 7 rings (SSSR count). The van der Waals surface area contributed by atoms with Crippen LogP contribution in [0.2, 0.25) is 0 Å². The molecule has 238 valence electrons. The zero-order valence-electron chi connectivity index (χ0n) is 27.1. The van der Waals surface area contributed by atoms with Crippen molar-refractivity contribution in [3.8, 4) is 22.6 Å². The number of rotatable bonds is 8. The Morgan fingerprint density at radius 1 is 0.872 bits per heavy atom. The first-order chi connectivity index (χ1) is 22.8. The number of nitrogens with one attached hydrogen (secondary N) is 1. The van der Waals surface area contributed by atoms with Gasteiger partial charge in [-0.15, -0.1) is 0 Å².